The second-order valence-corrected chi connectivity index (χ2v) is 7.50. The summed E-state index contributed by atoms with van der Waals surface area (Å²) in [6.45, 7) is 2.75. The molecule has 0 aliphatic carbocycles. The third-order valence-electron chi connectivity index (χ3n) is 2.36. The van der Waals surface area contributed by atoms with Gasteiger partial charge in [0.2, 0.25) is 5.91 Å². The van der Waals surface area contributed by atoms with Gasteiger partial charge in [0.05, 0.1) is 11.4 Å². The molecule has 0 unspecified atom stereocenters. The van der Waals surface area contributed by atoms with Crippen LogP contribution in [0.25, 0.3) is 0 Å². The second-order valence-electron chi connectivity index (χ2n) is 4.08. The molecule has 2 heterocycles. The Bertz CT molecular complexity index is 562. The Morgan fingerprint density at radius 1 is 1.29 bits per heavy atom. The van der Waals surface area contributed by atoms with Crippen LogP contribution in [-0.2, 0) is 10.5 Å². The standard InChI is InChI=1S/C13H16N4OS3/c1-2-6-15-11(18)9-20-13-17-16-12(21-13)19-8-10-5-3-4-7-14-10/h3-5,7H,2,6,8-9H2,1H3,(H,15,18). The van der Waals surface area contributed by atoms with E-state index < -0.39 is 0 Å². The van der Waals surface area contributed by atoms with Gasteiger partial charge in [0.25, 0.3) is 0 Å². The van der Waals surface area contributed by atoms with Gasteiger partial charge in [0.15, 0.2) is 8.68 Å². The number of nitrogens with zero attached hydrogens (tertiary/aromatic N) is 3. The van der Waals surface area contributed by atoms with E-state index in [1.165, 1.54) is 23.1 Å². The number of aromatic nitrogens is 3. The van der Waals surface area contributed by atoms with Crippen molar-refractivity contribution < 1.29 is 4.79 Å². The fourth-order valence-electron chi connectivity index (χ4n) is 1.38. The van der Waals surface area contributed by atoms with Crippen LogP contribution in [-0.4, -0.2) is 33.4 Å². The molecule has 0 atom stereocenters. The van der Waals surface area contributed by atoms with Crippen molar-refractivity contribution in [1.82, 2.24) is 20.5 Å². The Morgan fingerprint density at radius 3 is 2.81 bits per heavy atom. The lowest BCUT2D eigenvalue weighted by Crippen LogP contribution is -2.25. The van der Waals surface area contributed by atoms with E-state index in [9.17, 15) is 4.79 Å². The minimum atomic E-state index is 0.0414. The summed E-state index contributed by atoms with van der Waals surface area (Å²) in [6.07, 6.45) is 2.73. The number of amides is 1. The molecular formula is C13H16N4OS3. The first-order valence-electron chi connectivity index (χ1n) is 6.53. The minimum Gasteiger partial charge on any atom is -0.355 e. The van der Waals surface area contributed by atoms with E-state index in [0.717, 1.165) is 33.1 Å². The van der Waals surface area contributed by atoms with Crippen LogP contribution in [0.15, 0.2) is 33.1 Å². The number of thioether (sulfide) groups is 2. The predicted octanol–water partition coefficient (Wildman–Crippen LogP) is 2.84. The molecule has 0 bridgehead atoms. The molecular weight excluding hydrogens is 324 g/mol. The Kier molecular flexibility index (Phi) is 6.98. The lowest BCUT2D eigenvalue weighted by Gasteiger charge is -2.00. The maximum atomic E-state index is 11.5. The topological polar surface area (TPSA) is 67.8 Å². The molecule has 0 radical (unpaired) electrons. The normalized spacial score (nSPS) is 10.5. The Hall–Kier alpha value is -1.12. The van der Waals surface area contributed by atoms with Crippen LogP contribution < -0.4 is 5.32 Å². The molecule has 5 nitrogen and oxygen atoms in total. The molecule has 0 fully saturated rings. The van der Waals surface area contributed by atoms with Crippen molar-refractivity contribution in [1.29, 1.82) is 0 Å². The summed E-state index contributed by atoms with van der Waals surface area (Å²) in [4.78, 5) is 15.8. The van der Waals surface area contributed by atoms with Gasteiger partial charge in [-0.05, 0) is 18.6 Å². The lowest BCUT2D eigenvalue weighted by atomic mass is 10.4. The summed E-state index contributed by atoms with van der Waals surface area (Å²) in [6, 6.07) is 5.86. The van der Waals surface area contributed by atoms with E-state index in [1.54, 1.807) is 18.0 Å². The Labute approximate surface area is 136 Å². The van der Waals surface area contributed by atoms with Crippen molar-refractivity contribution in [3.63, 3.8) is 0 Å². The van der Waals surface area contributed by atoms with Crippen LogP contribution >= 0.6 is 34.9 Å². The van der Waals surface area contributed by atoms with Gasteiger partial charge in [-0.15, -0.1) is 10.2 Å². The number of pyridine rings is 1. The average Bonchev–Trinajstić information content (AvgIpc) is 2.98. The van der Waals surface area contributed by atoms with Gasteiger partial charge in [-0.25, -0.2) is 0 Å². The van der Waals surface area contributed by atoms with Gasteiger partial charge in [0.1, 0.15) is 0 Å². The van der Waals surface area contributed by atoms with E-state index in [2.05, 4.69) is 20.5 Å². The van der Waals surface area contributed by atoms with Crippen LogP contribution in [0.3, 0.4) is 0 Å². The van der Waals surface area contributed by atoms with Crippen molar-refractivity contribution in [3.05, 3.63) is 30.1 Å². The fourth-order valence-corrected chi connectivity index (χ4v) is 4.14. The molecule has 1 amide bonds. The Balaban J connectivity index is 1.75. The first-order valence-corrected chi connectivity index (χ1v) is 9.32. The highest BCUT2D eigenvalue weighted by Gasteiger charge is 2.08. The van der Waals surface area contributed by atoms with Gasteiger partial charge >= 0.3 is 0 Å². The third-order valence-corrected chi connectivity index (χ3v) is 5.58. The summed E-state index contributed by atoms with van der Waals surface area (Å²) < 4.78 is 1.72. The van der Waals surface area contributed by atoms with Gasteiger partial charge in [0, 0.05) is 18.5 Å². The summed E-state index contributed by atoms with van der Waals surface area (Å²) in [5, 5.41) is 11.1. The molecule has 0 spiro atoms. The van der Waals surface area contributed by atoms with E-state index in [-0.39, 0.29) is 5.91 Å². The number of hydrogen-bond donors (Lipinski definition) is 1. The summed E-state index contributed by atoms with van der Waals surface area (Å²) in [5.74, 6) is 1.20. The molecule has 2 rings (SSSR count). The van der Waals surface area contributed by atoms with Crippen molar-refractivity contribution in [2.45, 2.75) is 27.8 Å². The predicted molar refractivity (Wildman–Crippen MR) is 87.7 cm³/mol. The van der Waals surface area contributed by atoms with E-state index in [1.807, 2.05) is 25.1 Å². The molecule has 21 heavy (non-hydrogen) atoms. The SMILES string of the molecule is CCCNC(=O)CSc1nnc(SCc2ccccn2)s1. The van der Waals surface area contributed by atoms with Crippen LogP contribution in [0.1, 0.15) is 19.0 Å². The first kappa shape index (κ1) is 16.3. The second kappa shape index (κ2) is 9.01. The first-order chi connectivity index (χ1) is 10.3. The molecule has 0 aliphatic rings. The number of nitrogens with one attached hydrogen (secondary N) is 1. The summed E-state index contributed by atoms with van der Waals surface area (Å²) in [7, 11) is 0. The number of carbonyl (C=O) groups is 1. The summed E-state index contributed by atoms with van der Waals surface area (Å²) in [5.41, 5.74) is 1.02. The average molecular weight is 340 g/mol. The van der Waals surface area contributed by atoms with Crippen LogP contribution in [0.5, 0.6) is 0 Å². The maximum absolute atomic E-state index is 11.5. The van der Waals surface area contributed by atoms with Gasteiger partial charge in [-0.3, -0.25) is 9.78 Å². The van der Waals surface area contributed by atoms with Gasteiger partial charge in [-0.1, -0.05) is 47.9 Å². The third kappa shape index (κ3) is 6.03. The lowest BCUT2D eigenvalue weighted by molar-refractivity contribution is -0.118. The molecule has 1 N–H and O–H groups in total. The Morgan fingerprint density at radius 2 is 2.10 bits per heavy atom. The number of hydrogen-bond acceptors (Lipinski definition) is 7. The van der Waals surface area contributed by atoms with E-state index in [4.69, 9.17) is 0 Å². The van der Waals surface area contributed by atoms with Crippen LogP contribution in [0, 0.1) is 0 Å². The van der Waals surface area contributed by atoms with Crippen molar-refractivity contribution in [2.75, 3.05) is 12.3 Å². The zero-order chi connectivity index (χ0) is 14.9. The molecule has 112 valence electrons. The highest BCUT2D eigenvalue weighted by atomic mass is 32.2. The largest absolute Gasteiger partial charge is 0.355 e. The molecule has 0 aromatic carbocycles. The minimum absolute atomic E-state index is 0.0414. The van der Waals surface area contributed by atoms with Crippen molar-refractivity contribution in [2.24, 2.45) is 0 Å². The highest BCUT2D eigenvalue weighted by molar-refractivity contribution is 8.03. The van der Waals surface area contributed by atoms with Crippen LogP contribution in [0.4, 0.5) is 0 Å². The van der Waals surface area contributed by atoms with Gasteiger partial charge < -0.3 is 5.32 Å². The van der Waals surface area contributed by atoms with E-state index >= 15 is 0 Å². The number of rotatable bonds is 8. The highest BCUT2D eigenvalue weighted by Crippen LogP contribution is 2.30. The molecule has 2 aromatic heterocycles. The molecule has 8 heteroatoms. The maximum Gasteiger partial charge on any atom is 0.230 e. The molecule has 0 saturated heterocycles. The smallest absolute Gasteiger partial charge is 0.230 e. The monoisotopic (exact) mass is 340 g/mol. The van der Waals surface area contributed by atoms with Crippen molar-refractivity contribution in [3.8, 4) is 0 Å². The zero-order valence-electron chi connectivity index (χ0n) is 11.6. The summed E-state index contributed by atoms with van der Waals surface area (Å²) >= 11 is 4.55. The van der Waals surface area contributed by atoms with E-state index in [0.29, 0.717) is 5.75 Å². The molecule has 0 aliphatic heterocycles. The van der Waals surface area contributed by atoms with Crippen molar-refractivity contribution >= 4 is 40.8 Å². The van der Waals surface area contributed by atoms with Gasteiger partial charge in [-0.2, -0.15) is 0 Å². The zero-order valence-corrected chi connectivity index (χ0v) is 14.1. The molecule has 0 saturated carbocycles. The molecule has 2 aromatic rings. The van der Waals surface area contributed by atoms with Crippen LogP contribution in [0.2, 0.25) is 0 Å². The fraction of sp³-hybridized carbons (Fsp3) is 0.385. The number of carbonyl (C=O) groups excluding carboxylic acids is 1. The quantitative estimate of drug-likeness (QED) is 0.745.